The van der Waals surface area contributed by atoms with E-state index in [4.69, 9.17) is 23.2 Å². The van der Waals surface area contributed by atoms with E-state index >= 15 is 0 Å². The van der Waals surface area contributed by atoms with E-state index in [0.717, 1.165) is 5.56 Å². The number of halogens is 2. The number of hydrogen-bond acceptors (Lipinski definition) is 3. The van der Waals surface area contributed by atoms with Crippen LogP contribution in [0.1, 0.15) is 21.5 Å². The molecular weight excluding hydrogens is 325 g/mol. The van der Waals surface area contributed by atoms with E-state index in [0.29, 0.717) is 33.2 Å². The van der Waals surface area contributed by atoms with Gasteiger partial charge in [0, 0.05) is 45.3 Å². The van der Waals surface area contributed by atoms with Gasteiger partial charge in [-0.25, -0.2) is 0 Å². The molecule has 4 nitrogen and oxygen atoms in total. The highest BCUT2D eigenvalue weighted by atomic mass is 35.5. The first-order valence-corrected chi connectivity index (χ1v) is 7.19. The topological polar surface area (TPSA) is 60.2 Å². The fourth-order valence-electron chi connectivity index (χ4n) is 2.45. The minimum absolute atomic E-state index is 0.0720. The highest BCUT2D eigenvalue weighted by Crippen LogP contribution is 2.34. The van der Waals surface area contributed by atoms with Crippen molar-refractivity contribution in [2.45, 2.75) is 6.42 Å². The van der Waals surface area contributed by atoms with Gasteiger partial charge in [-0.15, -0.1) is 0 Å². The molecule has 0 aliphatic heterocycles. The number of allylic oxidation sites excluding steroid dienone is 1. The van der Waals surface area contributed by atoms with Gasteiger partial charge < -0.3 is 0 Å². The summed E-state index contributed by atoms with van der Waals surface area (Å²) in [5.74, 6) is -0.125. The normalized spacial score (nSPS) is 15.2. The van der Waals surface area contributed by atoms with Crippen LogP contribution in [0.5, 0.6) is 0 Å². The molecule has 3 rings (SSSR count). The molecule has 0 atom stereocenters. The first-order valence-electron chi connectivity index (χ1n) is 6.44. The number of ketones is 1. The summed E-state index contributed by atoms with van der Waals surface area (Å²) in [6, 6.07) is 9.31. The van der Waals surface area contributed by atoms with Crippen molar-refractivity contribution in [3.63, 3.8) is 0 Å². The van der Waals surface area contributed by atoms with Crippen molar-refractivity contribution in [3.8, 4) is 0 Å². The van der Waals surface area contributed by atoms with Gasteiger partial charge in [0.15, 0.2) is 5.78 Å². The van der Waals surface area contributed by atoms with Crippen molar-refractivity contribution in [3.05, 3.63) is 78.8 Å². The number of carbonyl (C=O) groups excluding carboxylic acids is 1. The molecule has 0 bridgehead atoms. The number of nitro benzene ring substituents is 1. The quantitative estimate of drug-likeness (QED) is 0.453. The van der Waals surface area contributed by atoms with Crippen molar-refractivity contribution in [2.24, 2.45) is 0 Å². The summed E-state index contributed by atoms with van der Waals surface area (Å²) in [7, 11) is 0. The van der Waals surface area contributed by atoms with E-state index in [2.05, 4.69) is 0 Å². The molecule has 1 aliphatic carbocycles. The third-order valence-electron chi connectivity index (χ3n) is 3.54. The Kier molecular flexibility index (Phi) is 3.72. The fraction of sp³-hybridized carbons (Fsp3) is 0.0625. The molecule has 0 N–H and O–H groups in total. The number of rotatable bonds is 2. The van der Waals surface area contributed by atoms with Gasteiger partial charge >= 0.3 is 0 Å². The van der Waals surface area contributed by atoms with Gasteiger partial charge in [-0.1, -0.05) is 35.3 Å². The summed E-state index contributed by atoms with van der Waals surface area (Å²) >= 11 is 12.2. The van der Waals surface area contributed by atoms with Crippen molar-refractivity contribution in [1.82, 2.24) is 0 Å². The van der Waals surface area contributed by atoms with Crippen LogP contribution < -0.4 is 0 Å². The van der Waals surface area contributed by atoms with Gasteiger partial charge in [-0.2, -0.15) is 0 Å². The molecule has 0 radical (unpaired) electrons. The molecule has 6 heteroatoms. The number of Topliss-reactive ketones (excluding diaryl/α,β-unsaturated/α-hetero) is 1. The number of nitrogens with zero attached hydrogens (tertiary/aromatic N) is 1. The number of nitro groups is 1. The maximum atomic E-state index is 12.4. The van der Waals surface area contributed by atoms with E-state index in [-0.39, 0.29) is 11.5 Å². The van der Waals surface area contributed by atoms with E-state index in [9.17, 15) is 14.9 Å². The monoisotopic (exact) mass is 333 g/mol. The zero-order valence-electron chi connectivity index (χ0n) is 11.2. The lowest BCUT2D eigenvalue weighted by Crippen LogP contribution is -1.95. The molecule has 0 saturated carbocycles. The summed E-state index contributed by atoms with van der Waals surface area (Å²) in [6.07, 6.45) is 1.99. The second-order valence-electron chi connectivity index (χ2n) is 4.90. The van der Waals surface area contributed by atoms with Crippen LogP contribution in [-0.4, -0.2) is 10.7 Å². The van der Waals surface area contributed by atoms with Gasteiger partial charge in [0.25, 0.3) is 5.69 Å². The van der Waals surface area contributed by atoms with Crippen molar-refractivity contribution >= 4 is 40.7 Å². The molecule has 0 aromatic heterocycles. The molecule has 0 unspecified atom stereocenters. The zero-order valence-corrected chi connectivity index (χ0v) is 12.7. The Labute approximate surface area is 136 Å². The molecule has 0 fully saturated rings. The first kappa shape index (κ1) is 14.8. The van der Waals surface area contributed by atoms with Gasteiger partial charge in [0.05, 0.1) is 4.92 Å². The highest BCUT2D eigenvalue weighted by Gasteiger charge is 2.26. The maximum Gasteiger partial charge on any atom is 0.270 e. The van der Waals surface area contributed by atoms with Crippen LogP contribution in [0.2, 0.25) is 10.0 Å². The van der Waals surface area contributed by atoms with Crippen LogP contribution in [0.25, 0.3) is 6.08 Å². The summed E-state index contributed by atoms with van der Waals surface area (Å²) in [6.45, 7) is 0. The average molecular weight is 334 g/mol. The number of benzene rings is 2. The second kappa shape index (κ2) is 5.55. The zero-order chi connectivity index (χ0) is 15.9. The Bertz CT molecular complexity index is 843. The van der Waals surface area contributed by atoms with Crippen LogP contribution in [0.3, 0.4) is 0 Å². The van der Waals surface area contributed by atoms with Crippen LogP contribution >= 0.6 is 23.2 Å². The maximum absolute atomic E-state index is 12.4. The number of fused-ring (bicyclic) bond motifs is 1. The summed E-state index contributed by atoms with van der Waals surface area (Å²) in [5, 5.41) is 11.7. The molecule has 0 spiro atoms. The van der Waals surface area contributed by atoms with Crippen molar-refractivity contribution < 1.29 is 9.72 Å². The Morgan fingerprint density at radius 3 is 2.59 bits per heavy atom. The van der Waals surface area contributed by atoms with E-state index in [1.54, 1.807) is 24.3 Å². The molecule has 0 amide bonds. The first-order chi connectivity index (χ1) is 10.5. The lowest BCUT2D eigenvalue weighted by atomic mass is 10.1. The molecule has 2 aromatic rings. The van der Waals surface area contributed by atoms with Crippen LogP contribution in [0, 0.1) is 10.1 Å². The Balaban J connectivity index is 2.05. The average Bonchev–Trinajstić information content (AvgIpc) is 2.80. The summed E-state index contributed by atoms with van der Waals surface area (Å²) < 4.78 is 0. The van der Waals surface area contributed by atoms with E-state index in [1.807, 2.05) is 0 Å². The van der Waals surface area contributed by atoms with Crippen molar-refractivity contribution in [1.29, 1.82) is 0 Å². The Morgan fingerprint density at radius 2 is 1.91 bits per heavy atom. The minimum Gasteiger partial charge on any atom is -0.289 e. The smallest absolute Gasteiger partial charge is 0.270 e. The lowest BCUT2D eigenvalue weighted by molar-refractivity contribution is -0.384. The standard InChI is InChI=1S/C16H9Cl2NO3/c17-14-5-4-11(19(21)22)7-9(14)6-10-8-13-12(16(10)20)2-1-3-15(13)18/h1-7H,8H2/b10-6-. The van der Waals surface area contributed by atoms with Crippen LogP contribution in [-0.2, 0) is 6.42 Å². The summed E-state index contributed by atoms with van der Waals surface area (Å²) in [4.78, 5) is 22.7. The summed E-state index contributed by atoms with van der Waals surface area (Å²) in [5.41, 5.74) is 2.24. The Morgan fingerprint density at radius 1 is 1.14 bits per heavy atom. The van der Waals surface area contributed by atoms with Gasteiger partial charge in [-0.3, -0.25) is 14.9 Å². The predicted molar refractivity (Wildman–Crippen MR) is 85.6 cm³/mol. The van der Waals surface area contributed by atoms with Gasteiger partial charge in [0.2, 0.25) is 0 Å². The lowest BCUT2D eigenvalue weighted by Gasteiger charge is -2.00. The number of carbonyl (C=O) groups is 1. The van der Waals surface area contributed by atoms with Crippen LogP contribution in [0.4, 0.5) is 5.69 Å². The molecule has 2 aromatic carbocycles. The SMILES string of the molecule is O=C1/C(=C\c2cc([N+](=O)[O-])ccc2Cl)Cc2c(Cl)cccc21. The third-order valence-corrected chi connectivity index (χ3v) is 4.24. The highest BCUT2D eigenvalue weighted by molar-refractivity contribution is 6.33. The number of hydrogen-bond donors (Lipinski definition) is 0. The fourth-order valence-corrected chi connectivity index (χ4v) is 2.87. The molecule has 0 saturated heterocycles. The van der Waals surface area contributed by atoms with Gasteiger partial charge in [-0.05, 0) is 23.8 Å². The van der Waals surface area contributed by atoms with E-state index < -0.39 is 4.92 Å². The predicted octanol–water partition coefficient (Wildman–Crippen LogP) is 4.72. The Hall–Kier alpha value is -2.17. The van der Waals surface area contributed by atoms with Crippen molar-refractivity contribution in [2.75, 3.05) is 0 Å². The molecular formula is C16H9Cl2NO3. The largest absolute Gasteiger partial charge is 0.289 e. The minimum atomic E-state index is -0.500. The second-order valence-corrected chi connectivity index (χ2v) is 5.72. The molecule has 110 valence electrons. The third kappa shape index (κ3) is 2.51. The molecule has 0 heterocycles. The molecule has 1 aliphatic rings. The van der Waals surface area contributed by atoms with Gasteiger partial charge in [0.1, 0.15) is 0 Å². The van der Waals surface area contributed by atoms with E-state index in [1.165, 1.54) is 18.2 Å². The number of non-ortho nitro benzene ring substituents is 1. The molecule has 22 heavy (non-hydrogen) atoms. The van der Waals surface area contributed by atoms with Crippen LogP contribution in [0.15, 0.2) is 42.0 Å².